The molecule has 1 aromatic carbocycles. The van der Waals surface area contributed by atoms with Crippen LogP contribution in [0, 0.1) is 13.8 Å². The number of Topliss-reactive ketones (excluding diaryl/α,β-unsaturated/α-hetero) is 1. The summed E-state index contributed by atoms with van der Waals surface area (Å²) in [4.78, 5) is 22.9. The number of benzene rings is 1. The van der Waals surface area contributed by atoms with Gasteiger partial charge in [0.05, 0.1) is 12.3 Å². The molecule has 1 N–H and O–H groups in total. The lowest BCUT2D eigenvalue weighted by Crippen LogP contribution is -2.25. The van der Waals surface area contributed by atoms with E-state index in [1.165, 1.54) is 6.92 Å². The van der Waals surface area contributed by atoms with Crippen LogP contribution in [-0.4, -0.2) is 24.1 Å². The number of rotatable bonds is 5. The van der Waals surface area contributed by atoms with E-state index >= 15 is 0 Å². The van der Waals surface area contributed by atoms with Crippen molar-refractivity contribution in [1.29, 1.82) is 0 Å². The third-order valence-corrected chi connectivity index (χ3v) is 2.47. The van der Waals surface area contributed by atoms with E-state index in [1.54, 1.807) is 6.92 Å². The quantitative estimate of drug-likeness (QED) is 0.382. The van der Waals surface area contributed by atoms with Crippen LogP contribution in [0.1, 0.15) is 25.0 Å². The Morgan fingerprint density at radius 1 is 1.32 bits per heavy atom. The van der Waals surface area contributed by atoms with Crippen molar-refractivity contribution in [2.45, 2.75) is 27.7 Å². The van der Waals surface area contributed by atoms with Crippen LogP contribution in [0.4, 0.5) is 5.69 Å². The van der Waals surface area contributed by atoms with Crippen LogP contribution < -0.4 is 5.43 Å². The van der Waals surface area contributed by atoms with Crippen molar-refractivity contribution < 1.29 is 14.3 Å². The van der Waals surface area contributed by atoms with Gasteiger partial charge in [-0.15, -0.1) is 0 Å². The normalized spacial score (nSPS) is 11.1. The van der Waals surface area contributed by atoms with Crippen LogP contribution >= 0.6 is 0 Å². The van der Waals surface area contributed by atoms with E-state index in [-0.39, 0.29) is 12.3 Å². The molecule has 0 saturated heterocycles. The van der Waals surface area contributed by atoms with Crippen molar-refractivity contribution in [2.24, 2.45) is 5.10 Å². The Labute approximate surface area is 112 Å². The number of nitrogens with zero attached hydrogens (tertiary/aromatic N) is 1. The Hall–Kier alpha value is -2.17. The van der Waals surface area contributed by atoms with Crippen molar-refractivity contribution in [2.75, 3.05) is 12.0 Å². The molecule has 0 amide bonds. The first-order chi connectivity index (χ1) is 8.95. The Kier molecular flexibility index (Phi) is 5.23. The molecule has 5 heteroatoms. The summed E-state index contributed by atoms with van der Waals surface area (Å²) < 4.78 is 4.77. The fourth-order valence-corrected chi connectivity index (χ4v) is 1.52. The summed E-state index contributed by atoms with van der Waals surface area (Å²) in [6.45, 7) is 7.06. The number of hydrazone groups is 1. The van der Waals surface area contributed by atoms with Gasteiger partial charge in [-0.25, -0.2) is 4.79 Å². The molecule has 0 aliphatic carbocycles. The first-order valence-corrected chi connectivity index (χ1v) is 6.04. The molecule has 0 aliphatic heterocycles. The number of anilines is 1. The van der Waals surface area contributed by atoms with Gasteiger partial charge in [-0.1, -0.05) is 17.7 Å². The minimum Gasteiger partial charge on any atom is -0.461 e. The largest absolute Gasteiger partial charge is 0.461 e. The van der Waals surface area contributed by atoms with Crippen molar-refractivity contribution in [3.63, 3.8) is 0 Å². The van der Waals surface area contributed by atoms with Crippen LogP contribution in [0.2, 0.25) is 0 Å². The molecule has 102 valence electrons. The maximum Gasteiger partial charge on any atom is 0.362 e. The SMILES string of the molecule is CCOC(=O)C(=NNc1ccc(C)cc1C)C(C)=O. The fraction of sp³-hybridized carbons (Fsp3) is 0.357. The average Bonchev–Trinajstić information content (AvgIpc) is 2.31. The molecule has 0 bridgehead atoms. The highest BCUT2D eigenvalue weighted by atomic mass is 16.5. The topological polar surface area (TPSA) is 67.8 Å². The molecule has 0 spiro atoms. The number of hydrogen-bond acceptors (Lipinski definition) is 5. The predicted molar refractivity (Wildman–Crippen MR) is 74.3 cm³/mol. The Balaban J connectivity index is 2.92. The number of ketones is 1. The van der Waals surface area contributed by atoms with Gasteiger partial charge in [0, 0.05) is 6.92 Å². The molecular formula is C14H18N2O3. The molecule has 0 atom stereocenters. The number of esters is 1. The molecule has 0 saturated carbocycles. The zero-order chi connectivity index (χ0) is 14.4. The number of carbonyl (C=O) groups is 2. The molecule has 5 nitrogen and oxygen atoms in total. The average molecular weight is 262 g/mol. The maximum absolute atomic E-state index is 11.5. The lowest BCUT2D eigenvalue weighted by atomic mass is 10.1. The van der Waals surface area contributed by atoms with Gasteiger partial charge in [0.25, 0.3) is 0 Å². The molecule has 0 fully saturated rings. The summed E-state index contributed by atoms with van der Waals surface area (Å²) in [5, 5.41) is 3.85. The maximum atomic E-state index is 11.5. The van der Waals surface area contributed by atoms with Crippen molar-refractivity contribution >= 4 is 23.2 Å². The zero-order valence-electron chi connectivity index (χ0n) is 11.6. The van der Waals surface area contributed by atoms with E-state index in [4.69, 9.17) is 4.74 Å². The van der Waals surface area contributed by atoms with Crippen LogP contribution in [0.3, 0.4) is 0 Å². The highest BCUT2D eigenvalue weighted by Gasteiger charge is 2.18. The Bertz CT molecular complexity index is 521. The van der Waals surface area contributed by atoms with E-state index in [0.29, 0.717) is 0 Å². The van der Waals surface area contributed by atoms with Gasteiger partial charge in [0.15, 0.2) is 5.78 Å². The number of aryl methyl sites for hydroxylation is 2. The summed E-state index contributed by atoms with van der Waals surface area (Å²) in [5.41, 5.74) is 5.35. The summed E-state index contributed by atoms with van der Waals surface area (Å²) in [7, 11) is 0. The van der Waals surface area contributed by atoms with Gasteiger partial charge >= 0.3 is 5.97 Å². The number of hydrogen-bond donors (Lipinski definition) is 1. The third-order valence-electron chi connectivity index (χ3n) is 2.47. The van der Waals surface area contributed by atoms with Gasteiger partial charge in [-0.3, -0.25) is 10.2 Å². The monoisotopic (exact) mass is 262 g/mol. The van der Waals surface area contributed by atoms with Gasteiger partial charge in [-0.2, -0.15) is 5.10 Å². The molecule has 0 unspecified atom stereocenters. The van der Waals surface area contributed by atoms with Crippen molar-refractivity contribution in [3.8, 4) is 0 Å². The molecule has 0 aromatic heterocycles. The Morgan fingerprint density at radius 2 is 2.00 bits per heavy atom. The van der Waals surface area contributed by atoms with Crippen LogP contribution in [-0.2, 0) is 14.3 Å². The molecule has 0 heterocycles. The summed E-state index contributed by atoms with van der Waals surface area (Å²) in [6, 6.07) is 5.75. The lowest BCUT2D eigenvalue weighted by Gasteiger charge is -2.07. The zero-order valence-corrected chi connectivity index (χ0v) is 11.6. The van der Waals surface area contributed by atoms with E-state index in [1.807, 2.05) is 32.0 Å². The molecule has 0 aliphatic rings. The lowest BCUT2D eigenvalue weighted by molar-refractivity contribution is -0.135. The highest BCUT2D eigenvalue weighted by Crippen LogP contribution is 2.15. The standard InChI is InChI=1S/C14H18N2O3/c1-5-19-14(18)13(11(4)17)16-15-12-7-6-9(2)8-10(12)3/h6-8,15H,5H2,1-4H3. The number of ether oxygens (including phenoxy) is 1. The second kappa shape index (κ2) is 6.68. The number of carbonyl (C=O) groups excluding carboxylic acids is 2. The second-order valence-electron chi connectivity index (χ2n) is 4.17. The first-order valence-electron chi connectivity index (χ1n) is 6.04. The Morgan fingerprint density at radius 3 is 2.53 bits per heavy atom. The minimum atomic E-state index is -0.715. The molecule has 0 radical (unpaired) electrons. The van der Waals surface area contributed by atoms with Crippen molar-refractivity contribution in [3.05, 3.63) is 29.3 Å². The minimum absolute atomic E-state index is 0.203. The summed E-state index contributed by atoms with van der Waals surface area (Å²) in [5.74, 6) is -1.15. The number of nitrogens with one attached hydrogen (secondary N) is 1. The van der Waals surface area contributed by atoms with Crippen molar-refractivity contribution in [1.82, 2.24) is 0 Å². The van der Waals surface area contributed by atoms with Gasteiger partial charge < -0.3 is 4.74 Å². The van der Waals surface area contributed by atoms with E-state index in [0.717, 1.165) is 16.8 Å². The van der Waals surface area contributed by atoms with Gasteiger partial charge in [0.2, 0.25) is 5.71 Å². The highest BCUT2D eigenvalue weighted by molar-refractivity contribution is 6.64. The third kappa shape index (κ3) is 4.21. The molecular weight excluding hydrogens is 244 g/mol. The first kappa shape index (κ1) is 14.9. The molecule has 1 rings (SSSR count). The van der Waals surface area contributed by atoms with Crippen LogP contribution in [0.5, 0.6) is 0 Å². The van der Waals surface area contributed by atoms with E-state index in [2.05, 4.69) is 10.5 Å². The van der Waals surface area contributed by atoms with Crippen LogP contribution in [0.15, 0.2) is 23.3 Å². The summed E-state index contributed by atoms with van der Waals surface area (Å²) >= 11 is 0. The van der Waals surface area contributed by atoms with Crippen LogP contribution in [0.25, 0.3) is 0 Å². The second-order valence-corrected chi connectivity index (χ2v) is 4.17. The fourth-order valence-electron chi connectivity index (χ4n) is 1.52. The van der Waals surface area contributed by atoms with E-state index in [9.17, 15) is 9.59 Å². The van der Waals surface area contributed by atoms with Gasteiger partial charge in [-0.05, 0) is 32.4 Å². The smallest absolute Gasteiger partial charge is 0.362 e. The summed E-state index contributed by atoms with van der Waals surface area (Å²) in [6.07, 6.45) is 0. The molecule has 1 aromatic rings. The molecule has 19 heavy (non-hydrogen) atoms. The predicted octanol–water partition coefficient (Wildman–Crippen LogP) is 2.22. The van der Waals surface area contributed by atoms with Gasteiger partial charge in [0.1, 0.15) is 0 Å². The van der Waals surface area contributed by atoms with E-state index < -0.39 is 11.8 Å².